The molecule has 0 saturated carbocycles. The third kappa shape index (κ3) is 6.56. The SMILES string of the molecule is CCNC(=O)[C@H](C)N(Cc1ccccc1)C(=O)CN(c1cccc(Br)c1)S(C)(=O)=O. The predicted molar refractivity (Wildman–Crippen MR) is 121 cm³/mol. The van der Waals surface area contributed by atoms with Crippen molar-refractivity contribution in [2.45, 2.75) is 26.4 Å². The number of anilines is 1. The number of halogens is 1. The summed E-state index contributed by atoms with van der Waals surface area (Å²) in [4.78, 5) is 27.1. The van der Waals surface area contributed by atoms with Gasteiger partial charge >= 0.3 is 0 Å². The summed E-state index contributed by atoms with van der Waals surface area (Å²) in [5.41, 5.74) is 1.21. The van der Waals surface area contributed by atoms with Gasteiger partial charge in [-0.15, -0.1) is 0 Å². The number of sulfonamides is 1. The molecule has 0 aliphatic heterocycles. The number of amides is 2. The number of carbonyl (C=O) groups excluding carboxylic acids is 2. The van der Waals surface area contributed by atoms with Crippen molar-refractivity contribution in [1.82, 2.24) is 10.2 Å². The van der Waals surface area contributed by atoms with Crippen molar-refractivity contribution in [2.24, 2.45) is 0 Å². The fourth-order valence-electron chi connectivity index (χ4n) is 2.93. The Balaban J connectivity index is 2.35. The summed E-state index contributed by atoms with van der Waals surface area (Å²) < 4.78 is 26.6. The van der Waals surface area contributed by atoms with E-state index in [4.69, 9.17) is 0 Å². The Bertz CT molecular complexity index is 983. The van der Waals surface area contributed by atoms with E-state index in [0.717, 1.165) is 16.1 Å². The van der Waals surface area contributed by atoms with Gasteiger partial charge in [-0.2, -0.15) is 0 Å². The molecule has 162 valence electrons. The monoisotopic (exact) mass is 495 g/mol. The van der Waals surface area contributed by atoms with Crippen LogP contribution >= 0.6 is 15.9 Å². The van der Waals surface area contributed by atoms with Crippen LogP contribution in [0.2, 0.25) is 0 Å². The molecule has 1 atom stereocenters. The lowest BCUT2D eigenvalue weighted by Gasteiger charge is -2.31. The van der Waals surface area contributed by atoms with Crippen molar-refractivity contribution in [3.05, 3.63) is 64.6 Å². The maximum absolute atomic E-state index is 13.2. The molecule has 2 amide bonds. The molecule has 0 unspecified atom stereocenters. The first-order valence-corrected chi connectivity index (χ1v) is 12.1. The van der Waals surface area contributed by atoms with Crippen LogP contribution in [0.1, 0.15) is 19.4 Å². The number of benzene rings is 2. The summed E-state index contributed by atoms with van der Waals surface area (Å²) in [5, 5.41) is 2.72. The van der Waals surface area contributed by atoms with Gasteiger partial charge in [0.15, 0.2) is 0 Å². The third-order valence-corrected chi connectivity index (χ3v) is 6.12. The third-order valence-electron chi connectivity index (χ3n) is 4.49. The fourth-order valence-corrected chi connectivity index (χ4v) is 4.16. The first kappa shape index (κ1) is 23.9. The molecule has 7 nitrogen and oxygen atoms in total. The molecule has 30 heavy (non-hydrogen) atoms. The molecular formula is C21H26BrN3O4S. The van der Waals surface area contributed by atoms with Crippen molar-refractivity contribution >= 4 is 43.5 Å². The molecular weight excluding hydrogens is 470 g/mol. The molecule has 0 saturated heterocycles. The summed E-state index contributed by atoms with van der Waals surface area (Å²) in [5.74, 6) is -0.766. The van der Waals surface area contributed by atoms with Gasteiger partial charge in [-0.25, -0.2) is 8.42 Å². The zero-order chi connectivity index (χ0) is 22.3. The standard InChI is InChI=1S/C21H26BrN3O4S/c1-4-23-21(27)16(2)24(14-17-9-6-5-7-10-17)20(26)15-25(30(3,28)29)19-12-8-11-18(22)13-19/h5-13,16H,4,14-15H2,1-3H3,(H,23,27)/t16-/m0/s1. The topological polar surface area (TPSA) is 86.8 Å². The van der Waals surface area contributed by atoms with E-state index in [9.17, 15) is 18.0 Å². The maximum atomic E-state index is 13.2. The van der Waals surface area contributed by atoms with Crippen molar-refractivity contribution in [1.29, 1.82) is 0 Å². The largest absolute Gasteiger partial charge is 0.355 e. The first-order valence-electron chi connectivity index (χ1n) is 9.48. The molecule has 2 aromatic rings. The van der Waals surface area contributed by atoms with Crippen LogP contribution in [-0.2, 0) is 26.2 Å². The van der Waals surface area contributed by atoms with E-state index in [2.05, 4.69) is 21.2 Å². The van der Waals surface area contributed by atoms with E-state index in [-0.39, 0.29) is 12.5 Å². The normalized spacial score (nSPS) is 12.1. The van der Waals surface area contributed by atoms with Gasteiger partial charge in [-0.05, 0) is 37.6 Å². The molecule has 9 heteroatoms. The fraction of sp³-hybridized carbons (Fsp3) is 0.333. The van der Waals surface area contributed by atoms with Gasteiger partial charge in [0.1, 0.15) is 12.6 Å². The summed E-state index contributed by atoms with van der Waals surface area (Å²) in [7, 11) is -3.73. The van der Waals surface area contributed by atoms with E-state index < -0.39 is 28.5 Å². The van der Waals surface area contributed by atoms with Gasteiger partial charge in [0.25, 0.3) is 0 Å². The van der Waals surface area contributed by atoms with Crippen molar-refractivity contribution < 1.29 is 18.0 Å². The molecule has 2 aromatic carbocycles. The lowest BCUT2D eigenvalue weighted by molar-refractivity contribution is -0.139. The predicted octanol–water partition coefficient (Wildman–Crippen LogP) is 2.77. The van der Waals surface area contributed by atoms with Crippen LogP contribution in [-0.4, -0.2) is 50.5 Å². The average molecular weight is 496 g/mol. The summed E-state index contributed by atoms with van der Waals surface area (Å²) in [6, 6.07) is 15.2. The minimum Gasteiger partial charge on any atom is -0.355 e. The lowest BCUT2D eigenvalue weighted by atomic mass is 10.1. The highest BCUT2D eigenvalue weighted by Gasteiger charge is 2.29. The molecule has 1 N–H and O–H groups in total. The molecule has 0 spiro atoms. The molecule has 0 bridgehead atoms. The van der Waals surface area contributed by atoms with Crippen LogP contribution < -0.4 is 9.62 Å². The Labute approximate surface area is 186 Å². The van der Waals surface area contributed by atoms with Crippen LogP contribution in [0.5, 0.6) is 0 Å². The van der Waals surface area contributed by atoms with Crippen LogP contribution in [0, 0.1) is 0 Å². The first-order chi connectivity index (χ1) is 14.1. The summed E-state index contributed by atoms with van der Waals surface area (Å²) in [6.07, 6.45) is 1.05. The van der Waals surface area contributed by atoms with Gasteiger partial charge in [0.2, 0.25) is 21.8 Å². The highest BCUT2D eigenvalue weighted by atomic mass is 79.9. The van der Waals surface area contributed by atoms with E-state index in [0.29, 0.717) is 16.7 Å². The number of nitrogens with one attached hydrogen (secondary N) is 1. The van der Waals surface area contributed by atoms with Crippen LogP contribution in [0.15, 0.2) is 59.1 Å². The van der Waals surface area contributed by atoms with Crippen LogP contribution in [0.4, 0.5) is 5.69 Å². The van der Waals surface area contributed by atoms with Gasteiger partial charge in [-0.3, -0.25) is 13.9 Å². The van der Waals surface area contributed by atoms with E-state index >= 15 is 0 Å². The Morgan fingerprint density at radius 3 is 2.33 bits per heavy atom. The molecule has 0 fully saturated rings. The number of rotatable bonds is 9. The maximum Gasteiger partial charge on any atom is 0.244 e. The lowest BCUT2D eigenvalue weighted by Crippen LogP contribution is -2.51. The Morgan fingerprint density at radius 1 is 1.10 bits per heavy atom. The van der Waals surface area contributed by atoms with Crippen molar-refractivity contribution in [3.63, 3.8) is 0 Å². The number of carbonyl (C=O) groups is 2. The van der Waals surface area contributed by atoms with Gasteiger partial charge < -0.3 is 10.2 Å². The van der Waals surface area contributed by atoms with Gasteiger partial charge in [-0.1, -0.05) is 52.3 Å². The average Bonchev–Trinajstić information content (AvgIpc) is 2.69. The van der Waals surface area contributed by atoms with Gasteiger partial charge in [0.05, 0.1) is 11.9 Å². The molecule has 0 radical (unpaired) electrons. The summed E-state index contributed by atoms with van der Waals surface area (Å²) in [6.45, 7) is 3.65. The van der Waals surface area contributed by atoms with E-state index in [1.165, 1.54) is 4.90 Å². The highest BCUT2D eigenvalue weighted by molar-refractivity contribution is 9.10. The Morgan fingerprint density at radius 2 is 1.77 bits per heavy atom. The Kier molecular flexibility index (Phi) is 8.43. The number of nitrogens with zero attached hydrogens (tertiary/aromatic N) is 2. The smallest absolute Gasteiger partial charge is 0.244 e. The number of likely N-dealkylation sites (N-methyl/N-ethyl adjacent to an activating group) is 1. The molecule has 0 heterocycles. The number of hydrogen-bond donors (Lipinski definition) is 1. The second-order valence-electron chi connectivity index (χ2n) is 6.83. The zero-order valence-corrected chi connectivity index (χ0v) is 19.6. The quantitative estimate of drug-likeness (QED) is 0.579. The molecule has 0 aliphatic carbocycles. The Hall–Kier alpha value is -2.39. The van der Waals surface area contributed by atoms with E-state index in [1.54, 1.807) is 38.1 Å². The summed E-state index contributed by atoms with van der Waals surface area (Å²) >= 11 is 3.33. The second kappa shape index (κ2) is 10.6. The molecule has 0 aliphatic rings. The van der Waals surface area contributed by atoms with Crippen LogP contribution in [0.3, 0.4) is 0 Å². The van der Waals surface area contributed by atoms with Crippen LogP contribution in [0.25, 0.3) is 0 Å². The minimum absolute atomic E-state index is 0.189. The van der Waals surface area contributed by atoms with Gasteiger partial charge in [0, 0.05) is 17.6 Å². The van der Waals surface area contributed by atoms with Crippen molar-refractivity contribution in [2.75, 3.05) is 23.7 Å². The number of hydrogen-bond acceptors (Lipinski definition) is 4. The second-order valence-corrected chi connectivity index (χ2v) is 9.65. The molecule has 0 aromatic heterocycles. The van der Waals surface area contributed by atoms with Crippen molar-refractivity contribution in [3.8, 4) is 0 Å². The molecule has 2 rings (SSSR count). The minimum atomic E-state index is -3.73. The highest BCUT2D eigenvalue weighted by Crippen LogP contribution is 2.22. The zero-order valence-electron chi connectivity index (χ0n) is 17.2. The van der Waals surface area contributed by atoms with E-state index in [1.807, 2.05) is 30.3 Å².